The summed E-state index contributed by atoms with van der Waals surface area (Å²) >= 11 is 6.08. The van der Waals surface area contributed by atoms with Gasteiger partial charge in [0.05, 0.1) is 11.6 Å². The number of fused-ring (bicyclic) bond motifs is 2. The number of halogens is 1. The number of hydrogen-bond donors (Lipinski definition) is 3. The molecule has 184 valence electrons. The van der Waals surface area contributed by atoms with E-state index in [0.717, 1.165) is 16.5 Å². The molecule has 37 heavy (non-hydrogen) atoms. The van der Waals surface area contributed by atoms with Gasteiger partial charge in [0.25, 0.3) is 5.91 Å². The lowest BCUT2D eigenvalue weighted by molar-refractivity contribution is -0.129. The van der Waals surface area contributed by atoms with Crippen molar-refractivity contribution in [2.24, 2.45) is 0 Å². The van der Waals surface area contributed by atoms with Crippen molar-refractivity contribution in [3.63, 3.8) is 0 Å². The summed E-state index contributed by atoms with van der Waals surface area (Å²) in [5.41, 5.74) is 2.98. The number of phenolic OH excluding ortho intramolecular Hbond substituents is 1. The minimum atomic E-state index is -0.859. The Labute approximate surface area is 216 Å². The lowest BCUT2D eigenvalue weighted by Gasteiger charge is -2.26. The number of carbonyl (C=O) groups is 2. The lowest BCUT2D eigenvalue weighted by Crippen LogP contribution is -2.33. The van der Waals surface area contributed by atoms with Gasteiger partial charge < -0.3 is 24.5 Å². The van der Waals surface area contributed by atoms with Crippen LogP contribution >= 0.6 is 11.6 Å². The number of aromatic amines is 1. The van der Waals surface area contributed by atoms with Gasteiger partial charge in [0.1, 0.15) is 11.3 Å². The number of aliphatic hydroxyl groups excluding tert-OH is 1. The zero-order valence-electron chi connectivity index (χ0n) is 19.4. The number of furan rings is 1. The third kappa shape index (κ3) is 3.93. The number of aromatic hydroxyl groups is 1. The van der Waals surface area contributed by atoms with Crippen molar-refractivity contribution < 1.29 is 24.2 Å². The average Bonchev–Trinajstić information content (AvgIpc) is 3.58. The lowest BCUT2D eigenvalue weighted by atomic mass is 9.94. The Morgan fingerprint density at radius 2 is 1.81 bits per heavy atom. The molecule has 1 aliphatic rings. The van der Waals surface area contributed by atoms with E-state index in [9.17, 15) is 19.8 Å². The number of aliphatic hydroxyl groups is 1. The molecule has 0 aliphatic carbocycles. The zero-order chi connectivity index (χ0) is 25.7. The molecule has 5 aromatic rings. The van der Waals surface area contributed by atoms with Crippen LogP contribution in [0, 0.1) is 0 Å². The van der Waals surface area contributed by atoms with Gasteiger partial charge in [-0.3, -0.25) is 9.59 Å². The summed E-state index contributed by atoms with van der Waals surface area (Å²) in [6.45, 7) is 0.253. The number of aromatic nitrogens is 1. The van der Waals surface area contributed by atoms with Gasteiger partial charge in [0.2, 0.25) is 5.78 Å². The molecule has 0 saturated heterocycles. The normalized spacial score (nSPS) is 15.9. The molecule has 3 N–H and O–H groups in total. The number of phenols is 1. The van der Waals surface area contributed by atoms with Crippen molar-refractivity contribution in [1.29, 1.82) is 0 Å². The van der Waals surface area contributed by atoms with Crippen LogP contribution in [-0.4, -0.2) is 38.3 Å². The highest BCUT2D eigenvalue weighted by Gasteiger charge is 2.44. The molecule has 1 unspecified atom stereocenters. The number of para-hydroxylation sites is 1. The Morgan fingerprint density at radius 3 is 2.62 bits per heavy atom. The van der Waals surface area contributed by atoms with Crippen LogP contribution in [0.4, 0.5) is 0 Å². The SMILES string of the molecule is O=C(C1=C(O)C(=O)N(CCc2c[nH]c3ccccc23)C1c1ccc(O)cc1)c1cc2cc(Cl)ccc2o1. The highest BCUT2D eigenvalue weighted by Crippen LogP contribution is 2.40. The Balaban J connectivity index is 1.38. The van der Waals surface area contributed by atoms with Crippen molar-refractivity contribution in [2.75, 3.05) is 6.54 Å². The maximum atomic E-state index is 13.7. The number of H-pyrrole nitrogens is 1. The molecule has 1 amide bonds. The van der Waals surface area contributed by atoms with Crippen LogP contribution < -0.4 is 0 Å². The summed E-state index contributed by atoms with van der Waals surface area (Å²) in [4.78, 5) is 31.7. The highest BCUT2D eigenvalue weighted by molar-refractivity contribution is 6.31. The van der Waals surface area contributed by atoms with E-state index < -0.39 is 23.5 Å². The van der Waals surface area contributed by atoms with Crippen LogP contribution in [0.2, 0.25) is 5.02 Å². The third-order valence-electron chi connectivity index (χ3n) is 6.76. The summed E-state index contributed by atoms with van der Waals surface area (Å²) < 4.78 is 5.76. The third-order valence-corrected chi connectivity index (χ3v) is 6.99. The van der Waals surface area contributed by atoms with Crippen molar-refractivity contribution in [3.8, 4) is 5.75 Å². The number of carbonyl (C=O) groups excluding carboxylic acids is 2. The van der Waals surface area contributed by atoms with Crippen LogP contribution in [0.1, 0.15) is 27.7 Å². The molecule has 0 bridgehead atoms. The molecule has 6 rings (SSSR count). The van der Waals surface area contributed by atoms with Crippen molar-refractivity contribution in [2.45, 2.75) is 12.5 Å². The molecule has 0 fully saturated rings. The van der Waals surface area contributed by atoms with E-state index in [1.807, 2.05) is 30.5 Å². The van der Waals surface area contributed by atoms with Gasteiger partial charge in [0.15, 0.2) is 11.5 Å². The first kappa shape index (κ1) is 22.9. The minimum Gasteiger partial charge on any atom is -0.508 e. The van der Waals surface area contributed by atoms with Crippen LogP contribution in [-0.2, 0) is 11.2 Å². The number of hydrogen-bond acceptors (Lipinski definition) is 5. The molecular formula is C29H21ClN2O5. The Morgan fingerprint density at radius 1 is 1.03 bits per heavy atom. The van der Waals surface area contributed by atoms with Gasteiger partial charge in [-0.05, 0) is 60.0 Å². The van der Waals surface area contributed by atoms with E-state index in [1.54, 1.807) is 36.4 Å². The number of nitrogens with one attached hydrogen (secondary N) is 1. The predicted molar refractivity (Wildman–Crippen MR) is 140 cm³/mol. The summed E-state index contributed by atoms with van der Waals surface area (Å²) in [7, 11) is 0. The number of amides is 1. The molecule has 1 atom stereocenters. The molecule has 1 aliphatic heterocycles. The summed E-state index contributed by atoms with van der Waals surface area (Å²) in [5, 5.41) is 22.9. The van der Waals surface area contributed by atoms with Gasteiger partial charge in [-0.2, -0.15) is 0 Å². The first-order valence-electron chi connectivity index (χ1n) is 11.7. The fraction of sp³-hybridized carbons (Fsp3) is 0.103. The number of nitrogens with zero attached hydrogens (tertiary/aromatic N) is 1. The van der Waals surface area contributed by atoms with E-state index in [0.29, 0.717) is 28.0 Å². The van der Waals surface area contributed by atoms with E-state index >= 15 is 0 Å². The monoisotopic (exact) mass is 512 g/mol. The summed E-state index contributed by atoms with van der Waals surface area (Å²) in [6, 6.07) is 19.8. The van der Waals surface area contributed by atoms with Gasteiger partial charge in [-0.15, -0.1) is 0 Å². The molecule has 0 saturated carbocycles. The van der Waals surface area contributed by atoms with E-state index in [2.05, 4.69) is 4.98 Å². The molecule has 3 heterocycles. The number of benzene rings is 3. The summed E-state index contributed by atoms with van der Waals surface area (Å²) in [6.07, 6.45) is 2.40. The number of ketones is 1. The molecule has 7 nitrogen and oxygen atoms in total. The van der Waals surface area contributed by atoms with Crippen LogP contribution in [0.25, 0.3) is 21.9 Å². The number of rotatable bonds is 6. The first-order chi connectivity index (χ1) is 17.9. The molecule has 8 heteroatoms. The highest BCUT2D eigenvalue weighted by atomic mass is 35.5. The first-order valence-corrected chi connectivity index (χ1v) is 12.1. The van der Waals surface area contributed by atoms with E-state index in [-0.39, 0.29) is 23.6 Å². The molecule has 3 aromatic carbocycles. The Hall–Kier alpha value is -4.49. The van der Waals surface area contributed by atoms with Crippen LogP contribution in [0.3, 0.4) is 0 Å². The van der Waals surface area contributed by atoms with Crippen molar-refractivity contribution >= 4 is 45.2 Å². The fourth-order valence-electron chi connectivity index (χ4n) is 4.96. The maximum Gasteiger partial charge on any atom is 0.290 e. The quantitative estimate of drug-likeness (QED) is 0.238. The van der Waals surface area contributed by atoms with Gasteiger partial charge >= 0.3 is 0 Å². The largest absolute Gasteiger partial charge is 0.508 e. The van der Waals surface area contributed by atoms with E-state index in [1.165, 1.54) is 17.0 Å². The second-order valence-electron chi connectivity index (χ2n) is 8.99. The average molecular weight is 513 g/mol. The maximum absolute atomic E-state index is 13.7. The molecule has 0 radical (unpaired) electrons. The summed E-state index contributed by atoms with van der Waals surface area (Å²) in [5.74, 6) is -1.80. The topological polar surface area (TPSA) is 107 Å². The Bertz CT molecular complexity index is 1710. The molecule has 0 spiro atoms. The van der Waals surface area contributed by atoms with Crippen LogP contribution in [0.15, 0.2) is 94.7 Å². The van der Waals surface area contributed by atoms with E-state index in [4.69, 9.17) is 16.0 Å². The smallest absolute Gasteiger partial charge is 0.290 e. The van der Waals surface area contributed by atoms with Crippen molar-refractivity contribution in [3.05, 3.63) is 112 Å². The molecular weight excluding hydrogens is 492 g/mol. The second kappa shape index (κ2) is 8.87. The predicted octanol–water partition coefficient (Wildman–Crippen LogP) is 6.09. The van der Waals surface area contributed by atoms with Gasteiger partial charge in [-0.1, -0.05) is 41.9 Å². The van der Waals surface area contributed by atoms with Gasteiger partial charge in [-0.25, -0.2) is 0 Å². The van der Waals surface area contributed by atoms with Crippen molar-refractivity contribution in [1.82, 2.24) is 9.88 Å². The number of Topliss-reactive ketones (excluding diaryl/α,β-unsaturated/α-hetero) is 1. The standard InChI is InChI=1S/C29H21ClN2O5/c30-19-7-10-23-18(13-19)14-24(37-23)27(34)25-26(16-5-8-20(33)9-6-16)32(29(36)28(25)35)12-11-17-15-31-22-4-2-1-3-21(17)22/h1-10,13-15,26,31,33,35H,11-12H2. The minimum absolute atomic E-state index is 0.00567. The second-order valence-corrected chi connectivity index (χ2v) is 9.42. The zero-order valence-corrected chi connectivity index (χ0v) is 20.2. The Kier molecular flexibility index (Phi) is 5.50. The van der Waals surface area contributed by atoms with Crippen LogP contribution in [0.5, 0.6) is 5.75 Å². The fourth-order valence-corrected chi connectivity index (χ4v) is 5.14. The van der Waals surface area contributed by atoms with Gasteiger partial charge in [0, 0.05) is 34.1 Å². The molecule has 2 aromatic heterocycles.